The molecule has 1 saturated heterocycles. The Balaban J connectivity index is 2.22. The minimum absolute atomic E-state index is 0.0274. The first-order valence-corrected chi connectivity index (χ1v) is 5.23. The van der Waals surface area contributed by atoms with E-state index in [1.165, 1.54) is 12.1 Å². The number of non-ortho nitro benzene ring substituents is 1. The summed E-state index contributed by atoms with van der Waals surface area (Å²) in [7, 11) is 0. The molecule has 0 spiro atoms. The molecule has 1 aliphatic heterocycles. The fourth-order valence-corrected chi connectivity index (χ4v) is 1.86. The van der Waals surface area contributed by atoms with E-state index in [-0.39, 0.29) is 11.8 Å². The van der Waals surface area contributed by atoms with Gasteiger partial charge in [-0.15, -0.1) is 0 Å². The van der Waals surface area contributed by atoms with Crippen LogP contribution in [0.15, 0.2) is 24.3 Å². The quantitative estimate of drug-likeness (QED) is 0.450. The molecule has 2 unspecified atom stereocenters. The fourth-order valence-electron chi connectivity index (χ4n) is 1.86. The normalized spacial score (nSPS) is 23.7. The van der Waals surface area contributed by atoms with Gasteiger partial charge in [0.15, 0.2) is 12.5 Å². The van der Waals surface area contributed by atoms with Gasteiger partial charge in [-0.3, -0.25) is 14.9 Å². The zero-order valence-corrected chi connectivity index (χ0v) is 9.28. The van der Waals surface area contributed by atoms with Crippen molar-refractivity contribution in [2.75, 3.05) is 11.4 Å². The van der Waals surface area contributed by atoms with Gasteiger partial charge in [-0.2, -0.15) is 0 Å². The van der Waals surface area contributed by atoms with Crippen LogP contribution in [0, 0.1) is 10.1 Å². The number of anilines is 1. The number of benzene rings is 1. The SMILES string of the molecule is CC1CN(c2ccc([N+](=O)[O-])cc2)C(C=O)O1. The van der Waals surface area contributed by atoms with Gasteiger partial charge < -0.3 is 9.64 Å². The first-order valence-electron chi connectivity index (χ1n) is 5.23. The van der Waals surface area contributed by atoms with E-state index in [9.17, 15) is 14.9 Å². The Labute approximate surface area is 97.9 Å². The second kappa shape index (κ2) is 4.50. The zero-order valence-electron chi connectivity index (χ0n) is 9.28. The molecule has 0 saturated carbocycles. The Morgan fingerprint density at radius 2 is 2.12 bits per heavy atom. The van der Waals surface area contributed by atoms with Crippen LogP contribution in [0.2, 0.25) is 0 Å². The summed E-state index contributed by atoms with van der Waals surface area (Å²) in [5.74, 6) is 0. The van der Waals surface area contributed by atoms with Crippen LogP contribution in [0.5, 0.6) is 0 Å². The number of carbonyl (C=O) groups is 1. The summed E-state index contributed by atoms with van der Waals surface area (Å²) < 4.78 is 5.38. The van der Waals surface area contributed by atoms with Gasteiger partial charge in [-0.05, 0) is 19.1 Å². The molecular formula is C11H12N2O4. The van der Waals surface area contributed by atoms with E-state index in [0.29, 0.717) is 6.54 Å². The molecule has 1 aromatic rings. The molecule has 0 bridgehead atoms. The molecule has 17 heavy (non-hydrogen) atoms. The zero-order chi connectivity index (χ0) is 12.4. The molecule has 1 fully saturated rings. The van der Waals surface area contributed by atoms with E-state index in [1.807, 2.05) is 6.92 Å². The molecule has 1 aliphatic rings. The molecule has 0 amide bonds. The Morgan fingerprint density at radius 3 is 2.65 bits per heavy atom. The van der Waals surface area contributed by atoms with E-state index >= 15 is 0 Å². The lowest BCUT2D eigenvalue weighted by Gasteiger charge is -2.20. The molecule has 2 atom stereocenters. The van der Waals surface area contributed by atoms with Gasteiger partial charge in [0.25, 0.3) is 5.69 Å². The fraction of sp³-hybridized carbons (Fsp3) is 0.364. The van der Waals surface area contributed by atoms with Crippen LogP contribution in [-0.2, 0) is 9.53 Å². The Hall–Kier alpha value is -1.95. The second-order valence-corrected chi connectivity index (χ2v) is 3.90. The highest BCUT2D eigenvalue weighted by Gasteiger charge is 2.30. The average molecular weight is 236 g/mol. The van der Waals surface area contributed by atoms with Crippen molar-refractivity contribution in [1.82, 2.24) is 0 Å². The third kappa shape index (κ3) is 2.26. The first-order chi connectivity index (χ1) is 8.11. The molecule has 6 nitrogen and oxygen atoms in total. The molecule has 0 radical (unpaired) electrons. The van der Waals surface area contributed by atoms with Gasteiger partial charge in [0.05, 0.1) is 11.0 Å². The van der Waals surface area contributed by atoms with Crippen molar-refractivity contribution in [2.24, 2.45) is 0 Å². The van der Waals surface area contributed by atoms with Gasteiger partial charge in [0.1, 0.15) is 0 Å². The summed E-state index contributed by atoms with van der Waals surface area (Å²) >= 11 is 0. The predicted octanol–water partition coefficient (Wildman–Crippen LogP) is 1.34. The van der Waals surface area contributed by atoms with Gasteiger partial charge in [-0.25, -0.2) is 0 Å². The smallest absolute Gasteiger partial charge is 0.269 e. The first kappa shape index (κ1) is 11.5. The maximum atomic E-state index is 10.8. The highest BCUT2D eigenvalue weighted by Crippen LogP contribution is 2.25. The van der Waals surface area contributed by atoms with Crippen LogP contribution in [0.1, 0.15) is 6.92 Å². The van der Waals surface area contributed by atoms with E-state index in [0.717, 1.165) is 12.0 Å². The lowest BCUT2D eigenvalue weighted by Crippen LogP contribution is -2.31. The second-order valence-electron chi connectivity index (χ2n) is 3.90. The summed E-state index contributed by atoms with van der Waals surface area (Å²) in [6.07, 6.45) is 0.0945. The Kier molecular flexibility index (Phi) is 3.06. The van der Waals surface area contributed by atoms with E-state index in [4.69, 9.17) is 4.74 Å². The maximum Gasteiger partial charge on any atom is 0.269 e. The highest BCUT2D eigenvalue weighted by molar-refractivity contribution is 5.66. The summed E-state index contributed by atoms with van der Waals surface area (Å²) in [6, 6.07) is 6.08. The third-order valence-corrected chi connectivity index (χ3v) is 2.64. The summed E-state index contributed by atoms with van der Waals surface area (Å²) in [4.78, 5) is 22.7. The lowest BCUT2D eigenvalue weighted by molar-refractivity contribution is -0.384. The minimum Gasteiger partial charge on any atom is -0.346 e. The van der Waals surface area contributed by atoms with Gasteiger partial charge in [0.2, 0.25) is 0 Å². The predicted molar refractivity (Wildman–Crippen MR) is 60.8 cm³/mol. The number of hydrogen-bond acceptors (Lipinski definition) is 5. The Bertz CT molecular complexity index is 432. The van der Waals surface area contributed by atoms with Crippen molar-refractivity contribution >= 4 is 17.7 Å². The van der Waals surface area contributed by atoms with Crippen molar-refractivity contribution in [1.29, 1.82) is 0 Å². The van der Waals surface area contributed by atoms with E-state index in [2.05, 4.69) is 0 Å². The molecule has 90 valence electrons. The van der Waals surface area contributed by atoms with E-state index < -0.39 is 11.2 Å². The summed E-state index contributed by atoms with van der Waals surface area (Å²) in [6.45, 7) is 2.48. The molecule has 0 aromatic heterocycles. The van der Waals surface area contributed by atoms with Crippen molar-refractivity contribution in [3.63, 3.8) is 0 Å². The van der Waals surface area contributed by atoms with Crippen LogP contribution in [0.4, 0.5) is 11.4 Å². The standard InChI is InChI=1S/C11H12N2O4/c1-8-6-12(11(7-14)17-8)9-2-4-10(5-3-9)13(15)16/h2-5,7-8,11H,6H2,1H3. The lowest BCUT2D eigenvalue weighted by atomic mass is 10.2. The molecule has 1 aromatic carbocycles. The minimum atomic E-state index is -0.605. The van der Waals surface area contributed by atoms with Crippen molar-refractivity contribution < 1.29 is 14.5 Å². The summed E-state index contributed by atoms with van der Waals surface area (Å²) in [5, 5.41) is 10.5. The maximum absolute atomic E-state index is 10.8. The number of aldehydes is 1. The van der Waals surface area contributed by atoms with Crippen LogP contribution in [-0.4, -0.2) is 30.1 Å². The van der Waals surface area contributed by atoms with Gasteiger partial charge in [0, 0.05) is 24.4 Å². The van der Waals surface area contributed by atoms with Crippen LogP contribution < -0.4 is 4.90 Å². The number of rotatable bonds is 3. The van der Waals surface area contributed by atoms with Crippen molar-refractivity contribution in [3.8, 4) is 0 Å². The van der Waals surface area contributed by atoms with E-state index in [1.54, 1.807) is 17.0 Å². The Morgan fingerprint density at radius 1 is 1.47 bits per heavy atom. The number of carbonyl (C=O) groups excluding carboxylic acids is 1. The van der Waals surface area contributed by atoms with Crippen LogP contribution in [0.3, 0.4) is 0 Å². The van der Waals surface area contributed by atoms with Crippen molar-refractivity contribution in [2.45, 2.75) is 19.3 Å². The molecular weight excluding hydrogens is 224 g/mol. The number of nitro groups is 1. The largest absolute Gasteiger partial charge is 0.346 e. The molecule has 0 aliphatic carbocycles. The van der Waals surface area contributed by atoms with Gasteiger partial charge >= 0.3 is 0 Å². The number of ether oxygens (including phenoxy) is 1. The van der Waals surface area contributed by atoms with Crippen LogP contribution >= 0.6 is 0 Å². The molecule has 0 N–H and O–H groups in total. The number of hydrogen-bond donors (Lipinski definition) is 0. The van der Waals surface area contributed by atoms with Crippen molar-refractivity contribution in [3.05, 3.63) is 34.4 Å². The number of nitrogens with zero attached hydrogens (tertiary/aromatic N) is 2. The summed E-state index contributed by atoms with van der Waals surface area (Å²) in [5.41, 5.74) is 0.779. The molecule has 2 rings (SSSR count). The average Bonchev–Trinajstić information content (AvgIpc) is 2.70. The molecule has 6 heteroatoms. The monoisotopic (exact) mass is 236 g/mol. The molecule has 1 heterocycles. The highest BCUT2D eigenvalue weighted by atomic mass is 16.6. The topological polar surface area (TPSA) is 72.7 Å². The third-order valence-electron chi connectivity index (χ3n) is 2.64. The van der Waals surface area contributed by atoms with Crippen LogP contribution in [0.25, 0.3) is 0 Å². The number of nitro benzene ring substituents is 1. The van der Waals surface area contributed by atoms with Gasteiger partial charge in [-0.1, -0.05) is 0 Å².